The lowest BCUT2D eigenvalue weighted by Crippen LogP contribution is -2.15. The van der Waals surface area contributed by atoms with Crippen LogP contribution in [0.15, 0.2) is 16.5 Å². The van der Waals surface area contributed by atoms with Crippen LogP contribution in [0.2, 0.25) is 5.02 Å². The van der Waals surface area contributed by atoms with Crippen LogP contribution in [0.1, 0.15) is 48.2 Å². The number of aryl methyl sites for hydroxylation is 3. The molecule has 2 aromatic rings. The number of oxazole rings is 1. The van der Waals surface area contributed by atoms with Crippen molar-refractivity contribution < 1.29 is 18.7 Å². The summed E-state index contributed by atoms with van der Waals surface area (Å²) in [6.45, 7) is 9.44. The Kier molecular flexibility index (Phi) is 5.89. The normalized spacial score (nSPS) is 11.0. The van der Waals surface area contributed by atoms with E-state index >= 15 is 0 Å². The molecule has 1 heterocycles. The van der Waals surface area contributed by atoms with Gasteiger partial charge in [0.05, 0.1) is 5.69 Å². The molecular weight excluding hydrogens is 330 g/mol. The number of aromatic nitrogens is 1. The molecule has 5 nitrogen and oxygen atoms in total. The van der Waals surface area contributed by atoms with Crippen molar-refractivity contribution in [2.24, 2.45) is 0 Å². The molecule has 0 aliphatic carbocycles. The first kappa shape index (κ1) is 18.3. The average Bonchev–Trinajstić information content (AvgIpc) is 2.84. The number of nitrogens with zero attached hydrogens (tertiary/aromatic N) is 1. The maximum Gasteiger partial charge on any atom is 0.344 e. The van der Waals surface area contributed by atoms with E-state index < -0.39 is 5.97 Å². The van der Waals surface area contributed by atoms with Crippen LogP contribution in [0, 0.1) is 20.8 Å². The molecule has 0 saturated heterocycles. The van der Waals surface area contributed by atoms with E-state index in [2.05, 4.69) is 4.98 Å². The molecule has 0 bridgehead atoms. The summed E-state index contributed by atoms with van der Waals surface area (Å²) in [5.74, 6) is 1.49. The SMILES string of the molecule is Cc1cc(OCC(=O)OCc2nc(C)c(C)o2)c(C(C)C)cc1Cl. The smallest absolute Gasteiger partial charge is 0.344 e. The third-order valence-corrected chi connectivity index (χ3v) is 4.10. The van der Waals surface area contributed by atoms with Crippen molar-refractivity contribution in [3.63, 3.8) is 0 Å². The van der Waals surface area contributed by atoms with E-state index in [-0.39, 0.29) is 19.1 Å². The summed E-state index contributed by atoms with van der Waals surface area (Å²) in [5, 5.41) is 0.684. The molecule has 0 fully saturated rings. The van der Waals surface area contributed by atoms with Gasteiger partial charge in [0, 0.05) is 5.02 Å². The molecule has 130 valence electrons. The van der Waals surface area contributed by atoms with E-state index in [0.29, 0.717) is 16.7 Å². The van der Waals surface area contributed by atoms with Crippen LogP contribution >= 0.6 is 11.6 Å². The van der Waals surface area contributed by atoms with Gasteiger partial charge < -0.3 is 13.9 Å². The number of halogens is 1. The molecule has 1 aromatic carbocycles. The van der Waals surface area contributed by atoms with Crippen LogP contribution < -0.4 is 4.74 Å². The fourth-order valence-electron chi connectivity index (χ4n) is 2.17. The van der Waals surface area contributed by atoms with Gasteiger partial charge in [-0.3, -0.25) is 0 Å². The molecule has 0 radical (unpaired) electrons. The Balaban J connectivity index is 1.95. The van der Waals surface area contributed by atoms with Crippen molar-refractivity contribution in [1.82, 2.24) is 4.98 Å². The number of ether oxygens (including phenoxy) is 2. The van der Waals surface area contributed by atoms with Crippen molar-refractivity contribution in [2.45, 2.75) is 47.1 Å². The summed E-state index contributed by atoms with van der Waals surface area (Å²) < 4.78 is 16.1. The molecule has 0 spiro atoms. The Morgan fingerprint density at radius 3 is 2.58 bits per heavy atom. The van der Waals surface area contributed by atoms with Gasteiger partial charge in [-0.1, -0.05) is 25.4 Å². The first-order valence-electron chi connectivity index (χ1n) is 7.79. The van der Waals surface area contributed by atoms with E-state index in [4.69, 9.17) is 25.5 Å². The Hall–Kier alpha value is -2.01. The molecule has 0 aliphatic heterocycles. The van der Waals surface area contributed by atoms with Crippen LogP contribution in [0.25, 0.3) is 0 Å². The van der Waals surface area contributed by atoms with Crippen LogP contribution in [-0.4, -0.2) is 17.6 Å². The zero-order chi connectivity index (χ0) is 17.9. The second-order valence-corrected chi connectivity index (χ2v) is 6.40. The number of carbonyl (C=O) groups excluding carboxylic acids is 1. The molecule has 2 rings (SSSR count). The topological polar surface area (TPSA) is 61.6 Å². The number of benzene rings is 1. The number of carbonyl (C=O) groups is 1. The molecule has 0 aliphatic rings. The lowest BCUT2D eigenvalue weighted by Gasteiger charge is -2.15. The number of rotatable bonds is 6. The van der Waals surface area contributed by atoms with Gasteiger partial charge in [-0.05, 0) is 49.9 Å². The predicted molar refractivity (Wildman–Crippen MR) is 91.5 cm³/mol. The minimum Gasteiger partial charge on any atom is -0.482 e. The van der Waals surface area contributed by atoms with Gasteiger partial charge in [0.15, 0.2) is 13.2 Å². The monoisotopic (exact) mass is 351 g/mol. The lowest BCUT2D eigenvalue weighted by molar-refractivity contribution is -0.148. The van der Waals surface area contributed by atoms with Gasteiger partial charge in [0.2, 0.25) is 5.89 Å². The van der Waals surface area contributed by atoms with Gasteiger partial charge in [0.1, 0.15) is 11.5 Å². The van der Waals surface area contributed by atoms with Crippen molar-refractivity contribution in [2.75, 3.05) is 6.61 Å². The molecule has 6 heteroatoms. The second kappa shape index (κ2) is 7.71. The third-order valence-electron chi connectivity index (χ3n) is 3.69. The van der Waals surface area contributed by atoms with Gasteiger partial charge in [-0.2, -0.15) is 0 Å². The average molecular weight is 352 g/mol. The molecule has 1 aromatic heterocycles. The van der Waals surface area contributed by atoms with Crippen LogP contribution in [-0.2, 0) is 16.1 Å². The minimum atomic E-state index is -0.481. The fourth-order valence-corrected chi connectivity index (χ4v) is 2.34. The maximum atomic E-state index is 11.9. The summed E-state index contributed by atoms with van der Waals surface area (Å²) in [4.78, 5) is 16.0. The number of hydrogen-bond donors (Lipinski definition) is 0. The van der Waals surface area contributed by atoms with E-state index in [1.807, 2.05) is 46.8 Å². The molecule has 0 N–H and O–H groups in total. The summed E-state index contributed by atoms with van der Waals surface area (Å²) in [7, 11) is 0. The third kappa shape index (κ3) is 4.51. The van der Waals surface area contributed by atoms with Crippen molar-refractivity contribution in [1.29, 1.82) is 0 Å². The minimum absolute atomic E-state index is 0.00639. The van der Waals surface area contributed by atoms with Crippen molar-refractivity contribution >= 4 is 17.6 Å². The van der Waals surface area contributed by atoms with Crippen molar-refractivity contribution in [3.8, 4) is 5.75 Å². The van der Waals surface area contributed by atoms with Gasteiger partial charge in [-0.15, -0.1) is 0 Å². The zero-order valence-electron chi connectivity index (χ0n) is 14.6. The van der Waals surface area contributed by atoms with Gasteiger partial charge >= 0.3 is 5.97 Å². The molecule has 0 saturated carbocycles. The Morgan fingerprint density at radius 1 is 1.29 bits per heavy atom. The van der Waals surface area contributed by atoms with Gasteiger partial charge in [-0.25, -0.2) is 9.78 Å². The molecule has 0 unspecified atom stereocenters. The van der Waals surface area contributed by atoms with E-state index in [9.17, 15) is 4.79 Å². The lowest BCUT2D eigenvalue weighted by atomic mass is 10.0. The van der Waals surface area contributed by atoms with Crippen molar-refractivity contribution in [3.05, 3.63) is 45.6 Å². The van der Waals surface area contributed by atoms with Crippen LogP contribution in [0.4, 0.5) is 0 Å². The Bertz CT molecular complexity index is 717. The highest BCUT2D eigenvalue weighted by Crippen LogP contribution is 2.32. The molecule has 0 amide bonds. The first-order valence-corrected chi connectivity index (χ1v) is 8.17. The van der Waals surface area contributed by atoms with E-state index in [0.717, 1.165) is 22.6 Å². The number of hydrogen-bond acceptors (Lipinski definition) is 5. The Morgan fingerprint density at radius 2 is 2.00 bits per heavy atom. The predicted octanol–water partition coefficient (Wildman–Crippen LogP) is 4.50. The van der Waals surface area contributed by atoms with Gasteiger partial charge in [0.25, 0.3) is 0 Å². The molecular formula is C18H22ClNO4. The largest absolute Gasteiger partial charge is 0.482 e. The quantitative estimate of drug-likeness (QED) is 0.717. The second-order valence-electron chi connectivity index (χ2n) is 5.99. The summed E-state index contributed by atoms with van der Waals surface area (Å²) in [6, 6.07) is 3.71. The Labute approximate surface area is 146 Å². The fraction of sp³-hybridized carbons (Fsp3) is 0.444. The highest BCUT2D eigenvalue weighted by molar-refractivity contribution is 6.31. The first-order chi connectivity index (χ1) is 11.3. The molecule has 0 atom stereocenters. The number of esters is 1. The maximum absolute atomic E-state index is 11.9. The van der Waals surface area contributed by atoms with E-state index in [1.54, 1.807) is 0 Å². The summed E-state index contributed by atoms with van der Waals surface area (Å²) in [6.07, 6.45) is 0. The summed E-state index contributed by atoms with van der Waals surface area (Å²) >= 11 is 6.16. The highest BCUT2D eigenvalue weighted by Gasteiger charge is 2.14. The zero-order valence-corrected chi connectivity index (χ0v) is 15.4. The van der Waals surface area contributed by atoms with E-state index in [1.165, 1.54) is 0 Å². The van der Waals surface area contributed by atoms with Crippen LogP contribution in [0.3, 0.4) is 0 Å². The summed E-state index contributed by atoms with van der Waals surface area (Å²) in [5.41, 5.74) is 2.64. The van der Waals surface area contributed by atoms with Crippen LogP contribution in [0.5, 0.6) is 5.75 Å². The standard InChI is InChI=1S/C18H22ClNO4/c1-10(2)14-7-15(19)11(3)6-16(14)22-9-18(21)23-8-17-20-12(4)13(5)24-17/h6-7,10H,8-9H2,1-5H3. The highest BCUT2D eigenvalue weighted by atomic mass is 35.5. The molecule has 24 heavy (non-hydrogen) atoms.